The first kappa shape index (κ1) is 15.1. The second-order valence-electron chi connectivity index (χ2n) is 5.81. The van der Waals surface area contributed by atoms with E-state index >= 15 is 0 Å². The molecule has 0 aliphatic heterocycles. The van der Waals surface area contributed by atoms with Crippen LogP contribution in [0.5, 0.6) is 0 Å². The molecule has 0 bridgehead atoms. The van der Waals surface area contributed by atoms with Crippen LogP contribution in [0, 0.1) is 10.1 Å². The van der Waals surface area contributed by atoms with Gasteiger partial charge in [0.25, 0.3) is 5.69 Å². The molecule has 0 fully saturated rings. The van der Waals surface area contributed by atoms with E-state index in [1.807, 2.05) is 0 Å². The molecule has 1 heterocycles. The molecule has 112 valence electrons. The molecule has 2 aromatic rings. The Hall–Kier alpha value is -2.28. The van der Waals surface area contributed by atoms with Gasteiger partial charge in [-0.05, 0) is 32.9 Å². The van der Waals surface area contributed by atoms with E-state index in [0.29, 0.717) is 5.82 Å². The van der Waals surface area contributed by atoms with Crippen molar-refractivity contribution in [3.05, 3.63) is 40.7 Å². The lowest BCUT2D eigenvalue weighted by Gasteiger charge is -2.20. The maximum Gasteiger partial charge on any atom is 0.269 e. The number of hydrogen-bond donors (Lipinski definition) is 1. The highest BCUT2D eigenvalue weighted by molar-refractivity contribution is 5.56. The number of nitrogens with zero attached hydrogens (tertiary/aromatic N) is 4. The summed E-state index contributed by atoms with van der Waals surface area (Å²) in [6.45, 7) is 7.84. The summed E-state index contributed by atoms with van der Waals surface area (Å²) < 4.78 is 1.76. The normalized spacial score (nSPS) is 11.6. The lowest BCUT2D eigenvalue weighted by atomic mass is 10.1. The Morgan fingerprint density at radius 3 is 2.52 bits per heavy atom. The van der Waals surface area contributed by atoms with Crippen molar-refractivity contribution in [2.75, 3.05) is 6.54 Å². The zero-order valence-electron chi connectivity index (χ0n) is 12.4. The van der Waals surface area contributed by atoms with Gasteiger partial charge in [0, 0.05) is 29.8 Å². The van der Waals surface area contributed by atoms with E-state index in [2.05, 4.69) is 36.2 Å². The van der Waals surface area contributed by atoms with Crippen LogP contribution < -0.4 is 5.32 Å². The molecule has 0 saturated heterocycles. The maximum atomic E-state index is 10.6. The van der Waals surface area contributed by atoms with Crippen molar-refractivity contribution < 1.29 is 4.92 Å². The van der Waals surface area contributed by atoms with Crippen LogP contribution >= 0.6 is 0 Å². The van der Waals surface area contributed by atoms with Crippen LogP contribution in [0.2, 0.25) is 0 Å². The Morgan fingerprint density at radius 1 is 1.29 bits per heavy atom. The van der Waals surface area contributed by atoms with Crippen molar-refractivity contribution in [1.29, 1.82) is 0 Å². The Balaban J connectivity index is 2.00. The first-order chi connectivity index (χ1) is 9.85. The molecule has 0 radical (unpaired) electrons. The quantitative estimate of drug-likeness (QED) is 0.674. The number of nitro groups is 1. The average molecular weight is 289 g/mol. The number of non-ortho nitro benzene ring substituents is 1. The fourth-order valence-electron chi connectivity index (χ4n) is 1.81. The van der Waals surface area contributed by atoms with Gasteiger partial charge in [0.2, 0.25) is 0 Å². The first-order valence-electron chi connectivity index (χ1n) is 6.74. The van der Waals surface area contributed by atoms with Crippen molar-refractivity contribution in [2.45, 2.75) is 32.9 Å². The molecule has 0 atom stereocenters. The lowest BCUT2D eigenvalue weighted by Crippen LogP contribution is -2.37. The van der Waals surface area contributed by atoms with E-state index < -0.39 is 4.92 Å². The van der Waals surface area contributed by atoms with Gasteiger partial charge in [-0.1, -0.05) is 0 Å². The van der Waals surface area contributed by atoms with Gasteiger partial charge in [-0.15, -0.1) is 0 Å². The maximum absolute atomic E-state index is 10.6. The van der Waals surface area contributed by atoms with Crippen LogP contribution in [-0.2, 0) is 6.54 Å². The Kier molecular flexibility index (Phi) is 4.32. The van der Waals surface area contributed by atoms with Gasteiger partial charge in [0.15, 0.2) is 5.82 Å². The largest absolute Gasteiger partial charge is 0.310 e. The number of rotatable bonds is 5. The van der Waals surface area contributed by atoms with Crippen LogP contribution in [0.1, 0.15) is 20.8 Å². The van der Waals surface area contributed by atoms with Crippen molar-refractivity contribution in [3.63, 3.8) is 0 Å². The second-order valence-corrected chi connectivity index (χ2v) is 5.81. The highest BCUT2D eigenvalue weighted by atomic mass is 16.6. The zero-order valence-corrected chi connectivity index (χ0v) is 12.4. The van der Waals surface area contributed by atoms with E-state index in [0.717, 1.165) is 18.7 Å². The summed E-state index contributed by atoms with van der Waals surface area (Å²) in [5, 5.41) is 18.4. The summed E-state index contributed by atoms with van der Waals surface area (Å²) in [4.78, 5) is 14.4. The summed E-state index contributed by atoms with van der Waals surface area (Å²) in [6.07, 6.45) is 1.67. The third-order valence-corrected chi connectivity index (χ3v) is 2.87. The standard InChI is InChI=1S/C14H19N5O2/c1-14(2,3)16-8-9-18-10-15-13(17-18)11-4-6-12(7-5-11)19(20)21/h4-7,10,16H,8-9H2,1-3H3. The SMILES string of the molecule is CC(C)(C)NCCn1cnc(-c2ccc([N+](=O)[O-])cc2)n1. The van der Waals surface area contributed by atoms with Crippen molar-refractivity contribution in [2.24, 2.45) is 0 Å². The molecule has 1 aromatic heterocycles. The molecular weight excluding hydrogens is 270 g/mol. The van der Waals surface area contributed by atoms with Gasteiger partial charge in [0.1, 0.15) is 6.33 Å². The molecule has 1 N–H and O–H groups in total. The predicted octanol–water partition coefficient (Wildman–Crippen LogP) is 2.24. The zero-order chi connectivity index (χ0) is 15.5. The molecule has 21 heavy (non-hydrogen) atoms. The predicted molar refractivity (Wildman–Crippen MR) is 79.9 cm³/mol. The molecule has 0 saturated carbocycles. The van der Waals surface area contributed by atoms with Crippen LogP contribution in [0.25, 0.3) is 11.4 Å². The van der Waals surface area contributed by atoms with E-state index in [4.69, 9.17) is 0 Å². The molecule has 0 aliphatic rings. The second kappa shape index (κ2) is 6.01. The van der Waals surface area contributed by atoms with Crippen molar-refractivity contribution in [3.8, 4) is 11.4 Å². The highest BCUT2D eigenvalue weighted by Gasteiger charge is 2.10. The van der Waals surface area contributed by atoms with E-state index in [1.54, 1.807) is 23.1 Å². The number of hydrogen-bond acceptors (Lipinski definition) is 5. The van der Waals surface area contributed by atoms with Gasteiger partial charge in [-0.25, -0.2) is 4.98 Å². The van der Waals surface area contributed by atoms with E-state index in [1.165, 1.54) is 12.1 Å². The topological polar surface area (TPSA) is 85.9 Å². The summed E-state index contributed by atoms with van der Waals surface area (Å²) in [7, 11) is 0. The number of aromatic nitrogens is 3. The Bertz CT molecular complexity index is 613. The monoisotopic (exact) mass is 289 g/mol. The van der Waals surface area contributed by atoms with Crippen molar-refractivity contribution >= 4 is 5.69 Å². The molecular formula is C14H19N5O2. The third-order valence-electron chi connectivity index (χ3n) is 2.87. The van der Waals surface area contributed by atoms with E-state index in [9.17, 15) is 10.1 Å². The van der Waals surface area contributed by atoms with Gasteiger partial charge in [-0.3, -0.25) is 14.8 Å². The van der Waals surface area contributed by atoms with Crippen molar-refractivity contribution in [1.82, 2.24) is 20.1 Å². The average Bonchev–Trinajstić information content (AvgIpc) is 2.86. The van der Waals surface area contributed by atoms with Crippen LogP contribution in [0.3, 0.4) is 0 Å². The molecule has 0 amide bonds. The molecule has 2 rings (SSSR count). The minimum absolute atomic E-state index is 0.0626. The minimum Gasteiger partial charge on any atom is -0.310 e. The lowest BCUT2D eigenvalue weighted by molar-refractivity contribution is -0.384. The molecule has 0 unspecified atom stereocenters. The first-order valence-corrected chi connectivity index (χ1v) is 6.74. The Labute approximate surface area is 123 Å². The van der Waals surface area contributed by atoms with Gasteiger partial charge in [-0.2, -0.15) is 5.10 Å². The van der Waals surface area contributed by atoms with Gasteiger partial charge >= 0.3 is 0 Å². The molecule has 7 nitrogen and oxygen atoms in total. The fraction of sp³-hybridized carbons (Fsp3) is 0.429. The molecule has 0 aliphatic carbocycles. The molecule has 0 spiro atoms. The third kappa shape index (κ3) is 4.35. The highest BCUT2D eigenvalue weighted by Crippen LogP contribution is 2.18. The molecule has 7 heteroatoms. The number of nitro benzene ring substituents is 1. The summed E-state index contributed by atoms with van der Waals surface area (Å²) in [5.74, 6) is 0.570. The van der Waals surface area contributed by atoms with Gasteiger partial charge < -0.3 is 5.32 Å². The summed E-state index contributed by atoms with van der Waals surface area (Å²) in [5.41, 5.74) is 0.901. The fourth-order valence-corrected chi connectivity index (χ4v) is 1.81. The van der Waals surface area contributed by atoms with Crippen LogP contribution in [0.15, 0.2) is 30.6 Å². The number of nitrogens with one attached hydrogen (secondary N) is 1. The van der Waals surface area contributed by atoms with Gasteiger partial charge in [0.05, 0.1) is 11.5 Å². The smallest absolute Gasteiger partial charge is 0.269 e. The van der Waals surface area contributed by atoms with E-state index in [-0.39, 0.29) is 11.2 Å². The van der Waals surface area contributed by atoms with Crippen LogP contribution in [-0.4, -0.2) is 31.8 Å². The number of benzene rings is 1. The summed E-state index contributed by atoms with van der Waals surface area (Å²) >= 11 is 0. The Morgan fingerprint density at radius 2 is 1.95 bits per heavy atom. The molecule has 1 aromatic carbocycles. The minimum atomic E-state index is -0.423. The van der Waals surface area contributed by atoms with Crippen LogP contribution in [0.4, 0.5) is 5.69 Å². The summed E-state index contributed by atoms with van der Waals surface area (Å²) in [6, 6.07) is 6.23.